The summed E-state index contributed by atoms with van der Waals surface area (Å²) in [5, 5.41) is 0. The molecular formula is C25H21NO2. The van der Waals surface area contributed by atoms with Gasteiger partial charge >= 0.3 is 0 Å². The molecule has 1 amide bonds. The lowest BCUT2D eigenvalue weighted by Crippen LogP contribution is -2.32. The van der Waals surface area contributed by atoms with Crippen LogP contribution in [0.5, 0.6) is 0 Å². The van der Waals surface area contributed by atoms with Crippen molar-refractivity contribution >= 4 is 23.0 Å². The number of nitrogens with zero attached hydrogens (tertiary/aromatic N) is 1. The minimum atomic E-state index is -0.633. The maximum Gasteiger partial charge on any atom is 0.259 e. The van der Waals surface area contributed by atoms with Crippen LogP contribution in [0.4, 0.5) is 5.69 Å². The Labute approximate surface area is 164 Å². The number of rotatable bonds is 5. The number of amides is 1. The molecule has 0 aromatic heterocycles. The van der Waals surface area contributed by atoms with Crippen molar-refractivity contribution in [1.82, 2.24) is 0 Å². The van der Waals surface area contributed by atoms with Crippen molar-refractivity contribution < 1.29 is 9.59 Å². The standard InChI is InChI=1S/C25H21NO2/c1-17-12-14-20(15-13-17)26-24(21-10-6-7-11-22(21)25(26)28)23(27)16-18(2)19-8-4-3-5-9-19/h3-15,24H,2,16H2,1H3. The lowest BCUT2D eigenvalue weighted by molar-refractivity contribution is -0.119. The van der Waals surface area contributed by atoms with Crippen molar-refractivity contribution in [3.05, 3.63) is 108 Å². The van der Waals surface area contributed by atoms with E-state index in [1.165, 1.54) is 0 Å². The maximum absolute atomic E-state index is 13.3. The van der Waals surface area contributed by atoms with Crippen molar-refractivity contribution in [1.29, 1.82) is 0 Å². The minimum absolute atomic E-state index is 0.0345. The molecule has 3 heteroatoms. The molecule has 0 saturated carbocycles. The van der Waals surface area contributed by atoms with Crippen LogP contribution in [0.1, 0.15) is 39.5 Å². The van der Waals surface area contributed by atoms with Crippen molar-refractivity contribution in [2.45, 2.75) is 19.4 Å². The number of allylic oxidation sites excluding steroid dienone is 1. The third-order valence-corrected chi connectivity index (χ3v) is 5.15. The molecular weight excluding hydrogens is 346 g/mol. The summed E-state index contributed by atoms with van der Waals surface area (Å²) in [6.07, 6.45) is 0.193. The zero-order valence-electron chi connectivity index (χ0n) is 15.8. The highest BCUT2D eigenvalue weighted by molar-refractivity contribution is 6.16. The predicted molar refractivity (Wildman–Crippen MR) is 112 cm³/mol. The fourth-order valence-electron chi connectivity index (χ4n) is 3.69. The number of anilines is 1. The molecule has 3 aromatic rings. The molecule has 0 spiro atoms. The second-order valence-corrected chi connectivity index (χ2v) is 7.11. The van der Waals surface area contributed by atoms with Gasteiger partial charge in [0.15, 0.2) is 5.78 Å². The van der Waals surface area contributed by atoms with E-state index in [0.29, 0.717) is 5.56 Å². The molecule has 28 heavy (non-hydrogen) atoms. The Morgan fingerprint density at radius 2 is 1.57 bits per heavy atom. The van der Waals surface area contributed by atoms with E-state index in [0.717, 1.165) is 28.0 Å². The Balaban J connectivity index is 1.70. The highest BCUT2D eigenvalue weighted by atomic mass is 16.2. The Morgan fingerprint density at radius 3 is 2.29 bits per heavy atom. The molecule has 138 valence electrons. The van der Waals surface area contributed by atoms with E-state index < -0.39 is 6.04 Å². The fourth-order valence-corrected chi connectivity index (χ4v) is 3.69. The molecule has 1 unspecified atom stereocenters. The van der Waals surface area contributed by atoms with Gasteiger partial charge in [-0.3, -0.25) is 14.5 Å². The maximum atomic E-state index is 13.3. The molecule has 0 saturated heterocycles. The third-order valence-electron chi connectivity index (χ3n) is 5.15. The van der Waals surface area contributed by atoms with Gasteiger partial charge in [0.05, 0.1) is 0 Å². The van der Waals surface area contributed by atoms with Crippen LogP contribution in [0.2, 0.25) is 0 Å². The molecule has 3 aromatic carbocycles. The molecule has 4 rings (SSSR count). The van der Waals surface area contributed by atoms with E-state index in [1.807, 2.05) is 79.7 Å². The lowest BCUT2D eigenvalue weighted by atomic mass is 9.94. The Kier molecular flexibility index (Phi) is 4.66. The van der Waals surface area contributed by atoms with Gasteiger partial charge in [0.25, 0.3) is 5.91 Å². The van der Waals surface area contributed by atoms with Gasteiger partial charge in [-0.15, -0.1) is 0 Å². The van der Waals surface area contributed by atoms with E-state index in [-0.39, 0.29) is 18.1 Å². The number of Topliss-reactive ketones (excluding diaryl/α,β-unsaturated/α-hetero) is 1. The molecule has 1 aliphatic rings. The topological polar surface area (TPSA) is 37.4 Å². The minimum Gasteiger partial charge on any atom is -0.297 e. The van der Waals surface area contributed by atoms with E-state index in [1.54, 1.807) is 11.0 Å². The largest absolute Gasteiger partial charge is 0.297 e. The van der Waals surface area contributed by atoms with E-state index in [9.17, 15) is 9.59 Å². The van der Waals surface area contributed by atoms with Crippen molar-refractivity contribution in [3.63, 3.8) is 0 Å². The van der Waals surface area contributed by atoms with Gasteiger partial charge in [-0.25, -0.2) is 0 Å². The van der Waals surface area contributed by atoms with Crippen LogP contribution in [-0.2, 0) is 4.79 Å². The summed E-state index contributed by atoms with van der Waals surface area (Å²) >= 11 is 0. The summed E-state index contributed by atoms with van der Waals surface area (Å²) < 4.78 is 0. The first kappa shape index (κ1) is 17.9. The van der Waals surface area contributed by atoms with Crippen LogP contribution in [0, 0.1) is 6.92 Å². The molecule has 0 aliphatic carbocycles. The number of benzene rings is 3. The Bertz CT molecular complexity index is 1050. The van der Waals surface area contributed by atoms with Crippen LogP contribution < -0.4 is 4.90 Å². The molecule has 0 bridgehead atoms. The van der Waals surface area contributed by atoms with E-state index in [4.69, 9.17) is 0 Å². The average Bonchev–Trinajstić information content (AvgIpc) is 3.02. The molecule has 3 nitrogen and oxygen atoms in total. The Hall–Kier alpha value is -3.46. The van der Waals surface area contributed by atoms with Gasteiger partial charge in [0.2, 0.25) is 0 Å². The quantitative estimate of drug-likeness (QED) is 0.608. The van der Waals surface area contributed by atoms with E-state index >= 15 is 0 Å². The highest BCUT2D eigenvalue weighted by Gasteiger charge is 2.41. The van der Waals surface area contributed by atoms with Gasteiger partial charge in [-0.1, -0.05) is 72.8 Å². The molecule has 0 radical (unpaired) electrons. The first-order valence-electron chi connectivity index (χ1n) is 9.31. The summed E-state index contributed by atoms with van der Waals surface area (Å²) in [5.74, 6) is -0.171. The van der Waals surface area contributed by atoms with E-state index in [2.05, 4.69) is 6.58 Å². The Morgan fingerprint density at radius 1 is 0.929 bits per heavy atom. The van der Waals surface area contributed by atoms with Gasteiger partial charge < -0.3 is 0 Å². The van der Waals surface area contributed by atoms with Crippen molar-refractivity contribution in [3.8, 4) is 0 Å². The average molecular weight is 367 g/mol. The van der Waals surface area contributed by atoms with Crippen molar-refractivity contribution in [2.24, 2.45) is 0 Å². The summed E-state index contributed by atoms with van der Waals surface area (Å²) in [6, 6.07) is 24.1. The summed E-state index contributed by atoms with van der Waals surface area (Å²) in [7, 11) is 0. The first-order chi connectivity index (χ1) is 13.6. The number of ketones is 1. The number of carbonyl (C=O) groups excluding carboxylic acids is 2. The fraction of sp³-hybridized carbons (Fsp3) is 0.120. The van der Waals surface area contributed by atoms with Crippen molar-refractivity contribution in [2.75, 3.05) is 4.90 Å². The SMILES string of the molecule is C=C(CC(=O)C1c2ccccc2C(=O)N1c1ccc(C)cc1)c1ccccc1. The molecule has 1 atom stereocenters. The number of aryl methyl sites for hydroxylation is 1. The number of hydrogen-bond acceptors (Lipinski definition) is 2. The summed E-state index contributed by atoms with van der Waals surface area (Å²) in [5.41, 5.74) is 4.89. The molecule has 1 aliphatic heterocycles. The van der Waals surface area contributed by atoms with Crippen LogP contribution in [0.25, 0.3) is 5.57 Å². The highest BCUT2D eigenvalue weighted by Crippen LogP contribution is 2.39. The molecule has 0 N–H and O–H groups in total. The van der Waals surface area contributed by atoms with Crippen LogP contribution in [-0.4, -0.2) is 11.7 Å². The molecule has 0 fully saturated rings. The second kappa shape index (κ2) is 7.28. The van der Waals surface area contributed by atoms with Gasteiger partial charge in [-0.2, -0.15) is 0 Å². The molecule has 1 heterocycles. The van der Waals surface area contributed by atoms with Crippen LogP contribution in [0.3, 0.4) is 0 Å². The number of hydrogen-bond donors (Lipinski definition) is 0. The lowest BCUT2D eigenvalue weighted by Gasteiger charge is -2.25. The number of carbonyl (C=O) groups is 2. The number of fused-ring (bicyclic) bond motifs is 1. The zero-order valence-corrected chi connectivity index (χ0v) is 15.8. The first-order valence-corrected chi connectivity index (χ1v) is 9.31. The van der Waals surface area contributed by atoms with Gasteiger partial charge in [0.1, 0.15) is 6.04 Å². The van der Waals surface area contributed by atoms with Gasteiger partial charge in [0, 0.05) is 17.7 Å². The third kappa shape index (κ3) is 3.16. The second-order valence-electron chi connectivity index (χ2n) is 7.11. The smallest absolute Gasteiger partial charge is 0.259 e. The summed E-state index contributed by atoms with van der Waals surface area (Å²) in [4.78, 5) is 28.1. The predicted octanol–water partition coefficient (Wildman–Crippen LogP) is 5.37. The van der Waals surface area contributed by atoms with Crippen LogP contribution >= 0.6 is 0 Å². The normalized spacial score (nSPS) is 15.4. The monoisotopic (exact) mass is 367 g/mol. The van der Waals surface area contributed by atoms with Crippen LogP contribution in [0.15, 0.2) is 85.4 Å². The van der Waals surface area contributed by atoms with Gasteiger partial charge in [-0.05, 0) is 41.8 Å². The zero-order chi connectivity index (χ0) is 19.7. The summed E-state index contributed by atoms with van der Waals surface area (Å²) in [6.45, 7) is 6.09.